The molecular weight excluding hydrogens is 181 g/mol. The molecule has 12 heavy (non-hydrogen) atoms. The predicted molar refractivity (Wildman–Crippen MR) is 45.8 cm³/mol. The van der Waals surface area contributed by atoms with Crippen molar-refractivity contribution < 1.29 is 9.18 Å². The van der Waals surface area contributed by atoms with Gasteiger partial charge in [0.1, 0.15) is 0 Å². The van der Waals surface area contributed by atoms with Crippen molar-refractivity contribution in [2.45, 2.75) is 43.8 Å². The predicted octanol–water partition coefficient (Wildman–Crippen LogP) is 1.97. The Labute approximate surface area is 76.5 Å². The third kappa shape index (κ3) is 2.97. The minimum Gasteiger partial charge on any atom is -0.350 e. The SMILES string of the molecule is O=C(NC1CCCCC1)C(F)Cl. The number of carbonyl (C=O) groups is 1. The van der Waals surface area contributed by atoms with Crippen molar-refractivity contribution in [1.29, 1.82) is 0 Å². The van der Waals surface area contributed by atoms with Gasteiger partial charge < -0.3 is 5.32 Å². The molecule has 1 atom stereocenters. The van der Waals surface area contributed by atoms with Crippen LogP contribution < -0.4 is 5.32 Å². The summed E-state index contributed by atoms with van der Waals surface area (Å²) >= 11 is 4.97. The molecular formula is C8H13ClFNO. The molecule has 0 aromatic heterocycles. The molecule has 1 unspecified atom stereocenters. The van der Waals surface area contributed by atoms with E-state index in [4.69, 9.17) is 11.6 Å². The van der Waals surface area contributed by atoms with Gasteiger partial charge in [-0.15, -0.1) is 0 Å². The molecule has 0 aromatic rings. The molecule has 0 aromatic carbocycles. The van der Waals surface area contributed by atoms with Crippen LogP contribution in [0.3, 0.4) is 0 Å². The van der Waals surface area contributed by atoms with Gasteiger partial charge in [0.05, 0.1) is 0 Å². The molecule has 1 saturated carbocycles. The molecule has 1 fully saturated rings. The highest BCUT2D eigenvalue weighted by Gasteiger charge is 2.19. The van der Waals surface area contributed by atoms with E-state index in [1.165, 1.54) is 6.42 Å². The van der Waals surface area contributed by atoms with Crippen molar-refractivity contribution in [1.82, 2.24) is 5.32 Å². The molecule has 0 bridgehead atoms. The largest absolute Gasteiger partial charge is 0.350 e. The number of hydrogen-bond acceptors (Lipinski definition) is 1. The summed E-state index contributed by atoms with van der Waals surface area (Å²) in [4.78, 5) is 10.8. The lowest BCUT2D eigenvalue weighted by molar-refractivity contribution is -0.124. The Balaban J connectivity index is 2.24. The van der Waals surface area contributed by atoms with E-state index in [1.54, 1.807) is 0 Å². The van der Waals surface area contributed by atoms with Gasteiger partial charge in [-0.25, -0.2) is 4.39 Å². The highest BCUT2D eigenvalue weighted by atomic mass is 35.5. The average molecular weight is 194 g/mol. The molecule has 70 valence electrons. The lowest BCUT2D eigenvalue weighted by Gasteiger charge is -2.22. The fraction of sp³-hybridized carbons (Fsp3) is 0.875. The Kier molecular flexibility index (Phi) is 3.79. The smallest absolute Gasteiger partial charge is 0.270 e. The molecule has 1 rings (SSSR count). The van der Waals surface area contributed by atoms with Gasteiger partial charge in [0.25, 0.3) is 11.5 Å². The lowest BCUT2D eigenvalue weighted by atomic mass is 9.95. The van der Waals surface area contributed by atoms with Crippen LogP contribution in [0.2, 0.25) is 0 Å². The van der Waals surface area contributed by atoms with E-state index in [0.29, 0.717) is 0 Å². The molecule has 0 aliphatic heterocycles. The van der Waals surface area contributed by atoms with Crippen LogP contribution in [0.15, 0.2) is 0 Å². The molecule has 1 aliphatic rings. The van der Waals surface area contributed by atoms with Crippen LogP contribution >= 0.6 is 11.6 Å². The zero-order chi connectivity index (χ0) is 8.97. The van der Waals surface area contributed by atoms with E-state index in [-0.39, 0.29) is 6.04 Å². The second-order valence-electron chi connectivity index (χ2n) is 3.14. The summed E-state index contributed by atoms with van der Waals surface area (Å²) in [5, 5.41) is 2.57. The summed E-state index contributed by atoms with van der Waals surface area (Å²) in [5.41, 5.74) is -1.90. The molecule has 2 nitrogen and oxygen atoms in total. The third-order valence-corrected chi connectivity index (χ3v) is 2.35. The fourth-order valence-electron chi connectivity index (χ4n) is 1.51. The lowest BCUT2D eigenvalue weighted by Crippen LogP contribution is -2.39. The van der Waals surface area contributed by atoms with Gasteiger partial charge >= 0.3 is 0 Å². The van der Waals surface area contributed by atoms with Crippen LogP contribution in [0.5, 0.6) is 0 Å². The second-order valence-corrected chi connectivity index (χ2v) is 3.53. The highest BCUT2D eigenvalue weighted by molar-refractivity contribution is 6.29. The van der Waals surface area contributed by atoms with Crippen LogP contribution in [-0.2, 0) is 4.79 Å². The van der Waals surface area contributed by atoms with E-state index in [9.17, 15) is 9.18 Å². The van der Waals surface area contributed by atoms with Gasteiger partial charge in [-0.2, -0.15) is 0 Å². The third-order valence-electron chi connectivity index (χ3n) is 2.15. The van der Waals surface area contributed by atoms with Gasteiger partial charge in [0.15, 0.2) is 0 Å². The van der Waals surface area contributed by atoms with Crippen molar-refractivity contribution in [3.63, 3.8) is 0 Å². The van der Waals surface area contributed by atoms with Crippen LogP contribution in [-0.4, -0.2) is 17.6 Å². The summed E-state index contributed by atoms with van der Waals surface area (Å²) in [6, 6.07) is 0.142. The minimum absolute atomic E-state index is 0.142. The first-order valence-electron chi connectivity index (χ1n) is 4.28. The summed E-state index contributed by atoms with van der Waals surface area (Å²) in [6.07, 6.45) is 5.35. The molecule has 0 saturated heterocycles. The Hall–Kier alpha value is -0.310. The molecule has 0 spiro atoms. The van der Waals surface area contributed by atoms with Gasteiger partial charge in [-0.05, 0) is 12.8 Å². The fourth-order valence-corrected chi connectivity index (χ4v) is 1.57. The Morgan fingerprint density at radius 3 is 2.50 bits per heavy atom. The molecule has 4 heteroatoms. The van der Waals surface area contributed by atoms with E-state index in [2.05, 4.69) is 5.32 Å². The number of carbonyl (C=O) groups excluding carboxylic acids is 1. The van der Waals surface area contributed by atoms with E-state index < -0.39 is 11.5 Å². The van der Waals surface area contributed by atoms with Crippen molar-refractivity contribution >= 4 is 17.5 Å². The standard InChI is InChI=1S/C8H13ClFNO/c9-7(10)8(12)11-6-4-2-1-3-5-6/h6-7H,1-5H2,(H,11,12). The molecule has 0 heterocycles. The molecule has 1 aliphatic carbocycles. The number of halogens is 2. The van der Waals surface area contributed by atoms with Gasteiger partial charge in [-0.1, -0.05) is 30.9 Å². The topological polar surface area (TPSA) is 29.1 Å². The highest BCUT2D eigenvalue weighted by Crippen LogP contribution is 2.17. The van der Waals surface area contributed by atoms with E-state index >= 15 is 0 Å². The molecule has 1 N–H and O–H groups in total. The normalized spacial score (nSPS) is 21.8. The van der Waals surface area contributed by atoms with Crippen molar-refractivity contribution in [2.75, 3.05) is 0 Å². The Bertz CT molecular complexity index is 157. The van der Waals surface area contributed by atoms with Crippen LogP contribution in [0, 0.1) is 0 Å². The van der Waals surface area contributed by atoms with Gasteiger partial charge in [-0.3, -0.25) is 4.79 Å². The maximum Gasteiger partial charge on any atom is 0.270 e. The Morgan fingerprint density at radius 1 is 1.42 bits per heavy atom. The summed E-state index contributed by atoms with van der Waals surface area (Å²) in [7, 11) is 0. The maximum absolute atomic E-state index is 12.2. The maximum atomic E-state index is 12.2. The second kappa shape index (κ2) is 4.65. The summed E-state index contributed by atoms with van der Waals surface area (Å²) < 4.78 is 12.2. The van der Waals surface area contributed by atoms with Crippen molar-refractivity contribution in [3.05, 3.63) is 0 Å². The van der Waals surface area contributed by atoms with E-state index in [1.807, 2.05) is 0 Å². The zero-order valence-corrected chi connectivity index (χ0v) is 7.61. The zero-order valence-electron chi connectivity index (χ0n) is 6.85. The number of rotatable bonds is 2. The number of hydrogen-bond donors (Lipinski definition) is 1. The first-order chi connectivity index (χ1) is 5.70. The minimum atomic E-state index is -1.90. The number of amides is 1. The quantitative estimate of drug-likeness (QED) is 0.668. The van der Waals surface area contributed by atoms with Crippen molar-refractivity contribution in [2.24, 2.45) is 0 Å². The van der Waals surface area contributed by atoms with Crippen LogP contribution in [0.1, 0.15) is 32.1 Å². The Morgan fingerprint density at radius 2 is 2.00 bits per heavy atom. The first-order valence-corrected chi connectivity index (χ1v) is 4.72. The summed E-state index contributed by atoms with van der Waals surface area (Å²) in [5.74, 6) is -0.691. The first kappa shape index (κ1) is 9.78. The average Bonchev–Trinajstić information content (AvgIpc) is 2.06. The summed E-state index contributed by atoms with van der Waals surface area (Å²) in [6.45, 7) is 0. The van der Waals surface area contributed by atoms with Gasteiger partial charge in [0, 0.05) is 6.04 Å². The van der Waals surface area contributed by atoms with Crippen LogP contribution in [0.4, 0.5) is 4.39 Å². The number of alkyl halides is 2. The van der Waals surface area contributed by atoms with Crippen molar-refractivity contribution in [3.8, 4) is 0 Å². The van der Waals surface area contributed by atoms with Gasteiger partial charge in [0.2, 0.25) is 0 Å². The monoisotopic (exact) mass is 193 g/mol. The molecule has 0 radical (unpaired) electrons. The molecule has 1 amide bonds. The number of nitrogens with one attached hydrogen (secondary N) is 1. The van der Waals surface area contributed by atoms with Crippen LogP contribution in [0.25, 0.3) is 0 Å². The van der Waals surface area contributed by atoms with E-state index in [0.717, 1.165) is 25.7 Å².